The van der Waals surface area contributed by atoms with Crippen LogP contribution in [0.3, 0.4) is 0 Å². The average molecular weight is 397 g/mol. The van der Waals surface area contributed by atoms with E-state index in [4.69, 9.17) is 11.6 Å². The van der Waals surface area contributed by atoms with Crippen LogP contribution in [0.5, 0.6) is 0 Å². The van der Waals surface area contributed by atoms with Gasteiger partial charge in [0.2, 0.25) is 0 Å². The molecule has 0 radical (unpaired) electrons. The monoisotopic (exact) mass is 396 g/mol. The predicted octanol–water partition coefficient (Wildman–Crippen LogP) is 3.38. The minimum absolute atomic E-state index is 0.0390. The minimum Gasteiger partial charge on any atom is -0.350 e. The fourth-order valence-electron chi connectivity index (χ4n) is 2.66. The standard InChI is InChI=1S/C18H12ClF3N2O3/c19-12-5-6-13-14(9-12)17(27)24(16(13)26)8-7-23-15(25)10-1-3-11(4-2-10)18(20,21)22/h1-6,9H,7-8H2,(H,23,25). The van der Waals surface area contributed by atoms with E-state index < -0.39 is 29.5 Å². The number of fused-ring (bicyclic) bond motifs is 1. The first-order chi connectivity index (χ1) is 12.7. The van der Waals surface area contributed by atoms with Gasteiger partial charge in [-0.2, -0.15) is 13.2 Å². The van der Waals surface area contributed by atoms with Crippen molar-refractivity contribution in [1.82, 2.24) is 10.2 Å². The smallest absolute Gasteiger partial charge is 0.350 e. The lowest BCUT2D eigenvalue weighted by Crippen LogP contribution is -2.38. The Hall–Kier alpha value is -2.87. The number of amides is 3. The molecule has 1 N–H and O–H groups in total. The molecule has 0 aliphatic carbocycles. The fourth-order valence-corrected chi connectivity index (χ4v) is 2.83. The van der Waals surface area contributed by atoms with E-state index in [-0.39, 0.29) is 29.8 Å². The van der Waals surface area contributed by atoms with Gasteiger partial charge in [0.15, 0.2) is 0 Å². The number of alkyl halides is 3. The van der Waals surface area contributed by atoms with Gasteiger partial charge in [-0.05, 0) is 42.5 Å². The Kier molecular flexibility index (Phi) is 4.93. The van der Waals surface area contributed by atoms with Gasteiger partial charge >= 0.3 is 6.18 Å². The van der Waals surface area contributed by atoms with E-state index >= 15 is 0 Å². The quantitative estimate of drug-likeness (QED) is 0.806. The number of carbonyl (C=O) groups is 3. The lowest BCUT2D eigenvalue weighted by molar-refractivity contribution is -0.137. The van der Waals surface area contributed by atoms with Crippen LogP contribution in [-0.2, 0) is 6.18 Å². The van der Waals surface area contributed by atoms with E-state index in [0.29, 0.717) is 5.02 Å². The molecule has 0 fully saturated rings. The van der Waals surface area contributed by atoms with Gasteiger partial charge in [0.05, 0.1) is 16.7 Å². The van der Waals surface area contributed by atoms with Gasteiger partial charge in [0.25, 0.3) is 17.7 Å². The lowest BCUT2D eigenvalue weighted by Gasteiger charge is -2.14. The molecule has 9 heteroatoms. The van der Waals surface area contributed by atoms with Crippen molar-refractivity contribution in [1.29, 1.82) is 0 Å². The Morgan fingerprint density at radius 2 is 1.63 bits per heavy atom. The molecular formula is C18H12ClF3N2O3. The van der Waals surface area contributed by atoms with Crippen molar-refractivity contribution in [3.63, 3.8) is 0 Å². The van der Waals surface area contributed by atoms with Crippen LogP contribution in [0.2, 0.25) is 5.02 Å². The number of halogens is 4. The number of nitrogens with one attached hydrogen (secondary N) is 1. The number of imide groups is 1. The van der Waals surface area contributed by atoms with Crippen molar-refractivity contribution in [3.8, 4) is 0 Å². The first-order valence-corrected chi connectivity index (χ1v) is 8.17. The van der Waals surface area contributed by atoms with Crippen molar-refractivity contribution in [2.45, 2.75) is 6.18 Å². The van der Waals surface area contributed by atoms with Crippen molar-refractivity contribution in [2.75, 3.05) is 13.1 Å². The van der Waals surface area contributed by atoms with E-state index in [1.165, 1.54) is 18.2 Å². The second kappa shape index (κ2) is 7.03. The highest BCUT2D eigenvalue weighted by atomic mass is 35.5. The van der Waals surface area contributed by atoms with Crippen LogP contribution in [0.1, 0.15) is 36.6 Å². The maximum atomic E-state index is 12.5. The highest BCUT2D eigenvalue weighted by molar-refractivity contribution is 6.32. The molecule has 1 aliphatic heterocycles. The van der Waals surface area contributed by atoms with Gasteiger partial charge in [0.1, 0.15) is 0 Å². The van der Waals surface area contributed by atoms with E-state index in [1.54, 1.807) is 0 Å². The summed E-state index contributed by atoms with van der Waals surface area (Å²) in [6, 6.07) is 8.09. The molecule has 0 spiro atoms. The van der Waals surface area contributed by atoms with Crippen LogP contribution in [0.4, 0.5) is 13.2 Å². The highest BCUT2D eigenvalue weighted by Gasteiger charge is 2.35. The summed E-state index contributed by atoms with van der Waals surface area (Å²) in [5, 5.41) is 2.80. The zero-order valence-electron chi connectivity index (χ0n) is 13.6. The Balaban J connectivity index is 1.59. The number of hydrogen-bond donors (Lipinski definition) is 1. The largest absolute Gasteiger partial charge is 0.416 e. The first-order valence-electron chi connectivity index (χ1n) is 7.79. The van der Waals surface area contributed by atoms with E-state index in [0.717, 1.165) is 29.2 Å². The van der Waals surface area contributed by atoms with Gasteiger partial charge in [-0.15, -0.1) is 0 Å². The number of benzene rings is 2. The molecular weight excluding hydrogens is 385 g/mol. The Bertz CT molecular complexity index is 926. The third kappa shape index (κ3) is 3.80. The van der Waals surface area contributed by atoms with Crippen LogP contribution >= 0.6 is 11.6 Å². The van der Waals surface area contributed by atoms with E-state index in [9.17, 15) is 27.6 Å². The molecule has 0 saturated carbocycles. The number of rotatable bonds is 4. The molecule has 2 aromatic carbocycles. The third-order valence-corrected chi connectivity index (χ3v) is 4.26. The van der Waals surface area contributed by atoms with Crippen LogP contribution in [-0.4, -0.2) is 35.7 Å². The summed E-state index contributed by atoms with van der Waals surface area (Å²) in [5.74, 6) is -1.61. The van der Waals surface area contributed by atoms with Crippen LogP contribution in [0, 0.1) is 0 Å². The SMILES string of the molecule is O=C(NCCN1C(=O)c2ccc(Cl)cc2C1=O)c1ccc(C(F)(F)F)cc1. The van der Waals surface area contributed by atoms with Crippen molar-refractivity contribution in [3.05, 3.63) is 69.7 Å². The summed E-state index contributed by atoms with van der Waals surface area (Å²) in [6.45, 7) is -0.116. The Morgan fingerprint density at radius 1 is 1.00 bits per heavy atom. The van der Waals surface area contributed by atoms with Crippen LogP contribution < -0.4 is 5.32 Å². The van der Waals surface area contributed by atoms with Gasteiger partial charge in [0, 0.05) is 23.7 Å². The Morgan fingerprint density at radius 3 is 2.26 bits per heavy atom. The lowest BCUT2D eigenvalue weighted by atomic mass is 10.1. The van der Waals surface area contributed by atoms with Gasteiger partial charge in [-0.1, -0.05) is 11.6 Å². The van der Waals surface area contributed by atoms with Crippen molar-refractivity contribution in [2.24, 2.45) is 0 Å². The number of carbonyl (C=O) groups excluding carboxylic acids is 3. The predicted molar refractivity (Wildman–Crippen MR) is 90.6 cm³/mol. The molecule has 27 heavy (non-hydrogen) atoms. The van der Waals surface area contributed by atoms with Crippen LogP contribution in [0.25, 0.3) is 0 Å². The molecule has 0 aromatic heterocycles. The Labute approximate surface area is 156 Å². The molecule has 0 saturated heterocycles. The van der Waals surface area contributed by atoms with Gasteiger partial charge in [-0.3, -0.25) is 19.3 Å². The summed E-state index contributed by atoms with van der Waals surface area (Å²) < 4.78 is 37.6. The summed E-state index contributed by atoms with van der Waals surface area (Å²) in [5.41, 5.74) is -0.388. The molecule has 0 bridgehead atoms. The third-order valence-electron chi connectivity index (χ3n) is 4.03. The summed E-state index contributed by atoms with van der Waals surface area (Å²) >= 11 is 5.83. The molecule has 3 rings (SSSR count). The molecule has 2 aromatic rings. The second-order valence-corrected chi connectivity index (χ2v) is 6.22. The molecule has 0 unspecified atom stereocenters. The normalized spacial score (nSPS) is 13.7. The van der Waals surface area contributed by atoms with E-state index in [1.807, 2.05) is 0 Å². The maximum Gasteiger partial charge on any atom is 0.416 e. The number of hydrogen-bond acceptors (Lipinski definition) is 3. The van der Waals surface area contributed by atoms with E-state index in [2.05, 4.69) is 5.32 Å². The molecule has 5 nitrogen and oxygen atoms in total. The first kappa shape index (κ1) is 18.9. The molecule has 0 atom stereocenters. The zero-order valence-corrected chi connectivity index (χ0v) is 14.4. The maximum absolute atomic E-state index is 12.5. The molecule has 1 heterocycles. The highest BCUT2D eigenvalue weighted by Crippen LogP contribution is 2.29. The molecule has 140 valence electrons. The zero-order chi connectivity index (χ0) is 19.8. The van der Waals surface area contributed by atoms with Crippen molar-refractivity contribution >= 4 is 29.3 Å². The minimum atomic E-state index is -4.48. The number of nitrogens with zero attached hydrogens (tertiary/aromatic N) is 1. The molecule has 3 amide bonds. The topological polar surface area (TPSA) is 66.5 Å². The van der Waals surface area contributed by atoms with Gasteiger partial charge < -0.3 is 5.32 Å². The van der Waals surface area contributed by atoms with Crippen molar-refractivity contribution < 1.29 is 27.6 Å². The molecule has 1 aliphatic rings. The van der Waals surface area contributed by atoms with Gasteiger partial charge in [-0.25, -0.2) is 0 Å². The summed E-state index contributed by atoms with van der Waals surface area (Å²) in [4.78, 5) is 37.5. The summed E-state index contributed by atoms with van der Waals surface area (Å²) in [6.07, 6.45) is -4.48. The summed E-state index contributed by atoms with van der Waals surface area (Å²) in [7, 11) is 0. The average Bonchev–Trinajstić information content (AvgIpc) is 2.85. The fraction of sp³-hybridized carbons (Fsp3) is 0.167. The second-order valence-electron chi connectivity index (χ2n) is 5.78. The van der Waals surface area contributed by atoms with Crippen LogP contribution in [0.15, 0.2) is 42.5 Å².